The van der Waals surface area contributed by atoms with Crippen molar-refractivity contribution in [1.29, 1.82) is 5.26 Å². The molecule has 0 aliphatic rings. The number of benzene rings is 1. The molecule has 1 heterocycles. The molecule has 0 atom stereocenters. The van der Waals surface area contributed by atoms with E-state index in [0.717, 1.165) is 10.9 Å². The van der Waals surface area contributed by atoms with E-state index in [-0.39, 0.29) is 0 Å². The molecule has 0 saturated carbocycles. The summed E-state index contributed by atoms with van der Waals surface area (Å²) in [5.74, 6) is 0. The highest BCUT2D eigenvalue weighted by atomic mass is 14.9. The molecule has 3 nitrogen and oxygen atoms in total. The zero-order chi connectivity index (χ0) is 9.42. The molecule has 0 bridgehead atoms. The molecule has 0 spiro atoms. The topological polar surface area (TPSA) is 54.7 Å². The summed E-state index contributed by atoms with van der Waals surface area (Å²) in [6.45, 7) is 0. The molecule has 1 aromatic heterocycles. The summed E-state index contributed by atoms with van der Waals surface area (Å²) >= 11 is 0. The molecule has 1 aromatic carbocycles. The maximum absolute atomic E-state index is 8.89. The number of anilines is 1. The largest absolute Gasteiger partial charge is 0.398 e. The molecular formula is C10H9N3. The fourth-order valence-corrected chi connectivity index (χ4v) is 1.49. The van der Waals surface area contributed by atoms with E-state index < -0.39 is 0 Å². The standard InChI is InChI=1S/C10H9N3/c1-13-5-4-7-8(6-11)9(12)2-3-10(7)13/h2-5H,12H2,1H3. The molecule has 2 aromatic rings. The van der Waals surface area contributed by atoms with E-state index in [9.17, 15) is 0 Å². The number of fused-ring (bicyclic) bond motifs is 1. The monoisotopic (exact) mass is 171 g/mol. The zero-order valence-electron chi connectivity index (χ0n) is 7.28. The van der Waals surface area contributed by atoms with E-state index >= 15 is 0 Å². The third-order valence-electron chi connectivity index (χ3n) is 2.21. The van der Waals surface area contributed by atoms with Crippen molar-refractivity contribution in [2.45, 2.75) is 0 Å². The summed E-state index contributed by atoms with van der Waals surface area (Å²) in [4.78, 5) is 0. The van der Waals surface area contributed by atoms with Gasteiger partial charge in [-0.15, -0.1) is 0 Å². The van der Waals surface area contributed by atoms with Crippen LogP contribution in [-0.4, -0.2) is 4.57 Å². The average Bonchev–Trinajstić information content (AvgIpc) is 2.48. The minimum absolute atomic E-state index is 0.543. The van der Waals surface area contributed by atoms with Gasteiger partial charge in [0, 0.05) is 24.1 Å². The lowest BCUT2D eigenvalue weighted by atomic mass is 10.1. The van der Waals surface area contributed by atoms with Gasteiger partial charge in [0.2, 0.25) is 0 Å². The average molecular weight is 171 g/mol. The molecule has 2 rings (SSSR count). The molecule has 0 radical (unpaired) electrons. The lowest BCUT2D eigenvalue weighted by Crippen LogP contribution is -1.91. The summed E-state index contributed by atoms with van der Waals surface area (Å²) in [6.07, 6.45) is 1.92. The van der Waals surface area contributed by atoms with Crippen LogP contribution in [0, 0.1) is 11.3 Å². The fourth-order valence-electron chi connectivity index (χ4n) is 1.49. The van der Waals surface area contributed by atoms with Crippen LogP contribution >= 0.6 is 0 Å². The van der Waals surface area contributed by atoms with Gasteiger partial charge in [-0.05, 0) is 18.2 Å². The molecule has 2 N–H and O–H groups in total. The minimum atomic E-state index is 0.543. The second-order valence-electron chi connectivity index (χ2n) is 3.00. The first-order valence-corrected chi connectivity index (χ1v) is 3.97. The van der Waals surface area contributed by atoms with Crippen molar-refractivity contribution in [3.63, 3.8) is 0 Å². The number of nitriles is 1. The smallest absolute Gasteiger partial charge is 0.102 e. The normalized spacial score (nSPS) is 10.2. The third kappa shape index (κ3) is 0.960. The van der Waals surface area contributed by atoms with Gasteiger partial charge in [-0.25, -0.2) is 0 Å². The Morgan fingerprint density at radius 3 is 2.85 bits per heavy atom. The second kappa shape index (κ2) is 2.53. The van der Waals surface area contributed by atoms with Crippen LogP contribution in [0.2, 0.25) is 0 Å². The van der Waals surface area contributed by atoms with Crippen molar-refractivity contribution in [3.05, 3.63) is 30.0 Å². The molecule has 0 aliphatic heterocycles. The van der Waals surface area contributed by atoms with E-state index in [1.54, 1.807) is 6.07 Å². The van der Waals surface area contributed by atoms with Crippen LogP contribution in [-0.2, 0) is 7.05 Å². The number of nitrogens with two attached hydrogens (primary N) is 1. The van der Waals surface area contributed by atoms with Crippen LogP contribution in [0.5, 0.6) is 0 Å². The van der Waals surface area contributed by atoms with E-state index in [0.29, 0.717) is 11.3 Å². The first-order chi connectivity index (χ1) is 6.24. The molecular weight excluding hydrogens is 162 g/mol. The molecule has 0 saturated heterocycles. The fraction of sp³-hybridized carbons (Fsp3) is 0.100. The second-order valence-corrected chi connectivity index (χ2v) is 3.00. The summed E-state index contributed by atoms with van der Waals surface area (Å²) in [7, 11) is 1.94. The van der Waals surface area contributed by atoms with Crippen molar-refractivity contribution in [3.8, 4) is 6.07 Å². The molecule has 64 valence electrons. The molecule has 0 fully saturated rings. The molecule has 13 heavy (non-hydrogen) atoms. The van der Waals surface area contributed by atoms with Crippen LogP contribution in [0.3, 0.4) is 0 Å². The van der Waals surface area contributed by atoms with Crippen molar-refractivity contribution < 1.29 is 0 Å². The van der Waals surface area contributed by atoms with Crippen LogP contribution in [0.15, 0.2) is 24.4 Å². The number of nitrogen functional groups attached to an aromatic ring is 1. The van der Waals surface area contributed by atoms with Gasteiger partial charge in [0.05, 0.1) is 11.3 Å². The maximum atomic E-state index is 8.89. The Morgan fingerprint density at radius 1 is 1.38 bits per heavy atom. The number of rotatable bonds is 0. The SMILES string of the molecule is Cn1ccc2c(C#N)c(N)ccc21. The van der Waals surface area contributed by atoms with Gasteiger partial charge >= 0.3 is 0 Å². The number of hydrogen-bond acceptors (Lipinski definition) is 2. The van der Waals surface area contributed by atoms with E-state index in [1.807, 2.05) is 29.9 Å². The molecule has 0 unspecified atom stereocenters. The van der Waals surface area contributed by atoms with Gasteiger partial charge in [-0.2, -0.15) is 5.26 Å². The maximum Gasteiger partial charge on any atom is 0.102 e. The van der Waals surface area contributed by atoms with Gasteiger partial charge in [-0.3, -0.25) is 0 Å². The number of aryl methyl sites for hydroxylation is 1. The van der Waals surface area contributed by atoms with Crippen LogP contribution in [0.4, 0.5) is 5.69 Å². The Labute approximate surface area is 76.0 Å². The Kier molecular flexibility index (Phi) is 1.49. The molecule has 3 heteroatoms. The predicted molar refractivity (Wildman–Crippen MR) is 52.0 cm³/mol. The van der Waals surface area contributed by atoms with E-state index in [1.165, 1.54) is 0 Å². The van der Waals surface area contributed by atoms with Crippen molar-refractivity contribution in [2.24, 2.45) is 7.05 Å². The number of nitrogens with zero attached hydrogens (tertiary/aromatic N) is 2. The summed E-state index contributed by atoms with van der Waals surface area (Å²) < 4.78 is 1.97. The van der Waals surface area contributed by atoms with Crippen molar-refractivity contribution >= 4 is 16.6 Å². The highest BCUT2D eigenvalue weighted by Gasteiger charge is 2.06. The summed E-state index contributed by atoms with van der Waals surface area (Å²) in [5, 5.41) is 9.81. The van der Waals surface area contributed by atoms with Gasteiger partial charge < -0.3 is 10.3 Å². The summed E-state index contributed by atoms with van der Waals surface area (Å²) in [6, 6.07) is 7.71. The van der Waals surface area contributed by atoms with Crippen molar-refractivity contribution in [1.82, 2.24) is 4.57 Å². The van der Waals surface area contributed by atoms with Gasteiger partial charge in [-0.1, -0.05) is 0 Å². The quantitative estimate of drug-likeness (QED) is 0.612. The van der Waals surface area contributed by atoms with Crippen LogP contribution in [0.1, 0.15) is 5.56 Å². The van der Waals surface area contributed by atoms with Gasteiger partial charge in [0.25, 0.3) is 0 Å². The van der Waals surface area contributed by atoms with Gasteiger partial charge in [0.1, 0.15) is 6.07 Å². The lowest BCUT2D eigenvalue weighted by Gasteiger charge is -2.00. The van der Waals surface area contributed by atoms with Crippen molar-refractivity contribution in [2.75, 3.05) is 5.73 Å². The Bertz CT molecular complexity index is 503. The Morgan fingerprint density at radius 2 is 2.15 bits per heavy atom. The lowest BCUT2D eigenvalue weighted by molar-refractivity contribution is 0.969. The predicted octanol–water partition coefficient (Wildman–Crippen LogP) is 1.63. The highest BCUT2D eigenvalue weighted by Crippen LogP contribution is 2.23. The van der Waals surface area contributed by atoms with E-state index in [2.05, 4.69) is 6.07 Å². The molecule has 0 aliphatic carbocycles. The summed E-state index contributed by atoms with van der Waals surface area (Å²) in [5.41, 5.74) is 7.82. The minimum Gasteiger partial charge on any atom is -0.398 e. The van der Waals surface area contributed by atoms with E-state index in [4.69, 9.17) is 11.0 Å². The van der Waals surface area contributed by atoms with Crippen LogP contribution in [0.25, 0.3) is 10.9 Å². The number of hydrogen-bond donors (Lipinski definition) is 1. The molecule has 0 amide bonds. The van der Waals surface area contributed by atoms with Crippen LogP contribution < -0.4 is 5.73 Å². The zero-order valence-corrected chi connectivity index (χ0v) is 7.28. The first kappa shape index (κ1) is 7.69. The number of aromatic nitrogens is 1. The first-order valence-electron chi connectivity index (χ1n) is 3.97. The van der Waals surface area contributed by atoms with Gasteiger partial charge in [0.15, 0.2) is 0 Å². The third-order valence-corrected chi connectivity index (χ3v) is 2.21. The Balaban J connectivity index is 2.95. The Hall–Kier alpha value is -1.95. The highest BCUT2D eigenvalue weighted by molar-refractivity contribution is 5.90.